The average molecular weight is 450 g/mol. The van der Waals surface area contributed by atoms with E-state index >= 15 is 8.78 Å². The highest BCUT2D eigenvalue weighted by molar-refractivity contribution is 5.97. The van der Waals surface area contributed by atoms with Crippen molar-refractivity contribution in [2.24, 2.45) is 5.92 Å². The molecule has 2 saturated carbocycles. The SMILES string of the molecule is Cc1c(N2CC(F)C(C(O)C3(O)CCCC3)C2)c(F)c(N)c2c(=O)[nH]c(=O)n(C3CC3)c12. The normalized spacial score (nSPS) is 26.2. The standard InChI is InChI=1S/C22H28F2N4O4/c1-10-17-14(20(30)26-21(31)28(17)11-4-5-11)16(25)15(24)18(10)27-8-12(13(23)9-27)19(29)22(32)6-2-3-7-22/h11-13,19,29,32H,2-9,25H2,1H3,(H,26,30,31). The highest BCUT2D eigenvalue weighted by atomic mass is 19.1. The van der Waals surface area contributed by atoms with Gasteiger partial charge in [-0.25, -0.2) is 13.6 Å². The Kier molecular flexibility index (Phi) is 4.86. The van der Waals surface area contributed by atoms with Crippen LogP contribution in [0.1, 0.15) is 50.1 Å². The van der Waals surface area contributed by atoms with Gasteiger partial charge in [-0.15, -0.1) is 0 Å². The third-order valence-corrected chi connectivity index (χ3v) is 7.51. The fraction of sp³-hybridized carbons (Fsp3) is 0.636. The molecule has 1 aliphatic heterocycles. The van der Waals surface area contributed by atoms with Gasteiger partial charge in [0.25, 0.3) is 5.56 Å². The maximum atomic E-state index is 15.5. The van der Waals surface area contributed by atoms with Crippen molar-refractivity contribution in [1.29, 1.82) is 0 Å². The van der Waals surface area contributed by atoms with Crippen molar-refractivity contribution >= 4 is 22.3 Å². The molecule has 0 bridgehead atoms. The number of aromatic nitrogens is 2. The summed E-state index contributed by atoms with van der Waals surface area (Å²) in [5, 5.41) is 21.4. The van der Waals surface area contributed by atoms with Crippen molar-refractivity contribution in [3.05, 3.63) is 32.2 Å². The van der Waals surface area contributed by atoms with Crippen LogP contribution in [0.5, 0.6) is 0 Å². The van der Waals surface area contributed by atoms with Gasteiger partial charge in [0.05, 0.1) is 34.0 Å². The Morgan fingerprint density at radius 2 is 1.88 bits per heavy atom. The zero-order valence-corrected chi connectivity index (χ0v) is 17.9. The average Bonchev–Trinajstić information content (AvgIpc) is 3.35. The van der Waals surface area contributed by atoms with Gasteiger partial charge in [-0.05, 0) is 32.6 Å². The number of halogens is 2. The molecule has 1 aromatic carbocycles. The summed E-state index contributed by atoms with van der Waals surface area (Å²) < 4.78 is 32.0. The number of rotatable bonds is 4. The van der Waals surface area contributed by atoms with E-state index in [1.165, 1.54) is 9.47 Å². The van der Waals surface area contributed by atoms with Gasteiger partial charge in [0.15, 0.2) is 5.82 Å². The van der Waals surface area contributed by atoms with Gasteiger partial charge in [0.2, 0.25) is 0 Å². The summed E-state index contributed by atoms with van der Waals surface area (Å²) in [6.07, 6.45) is 1.13. The Morgan fingerprint density at radius 3 is 2.50 bits per heavy atom. The van der Waals surface area contributed by atoms with E-state index in [-0.39, 0.29) is 41.4 Å². The highest BCUT2D eigenvalue weighted by Gasteiger charge is 2.49. The number of hydrogen-bond acceptors (Lipinski definition) is 6. The molecule has 2 aromatic rings. The van der Waals surface area contributed by atoms with E-state index in [4.69, 9.17) is 5.73 Å². The second kappa shape index (κ2) is 7.28. The molecule has 174 valence electrons. The number of aromatic amines is 1. The predicted octanol–water partition coefficient (Wildman–Crippen LogP) is 1.49. The smallest absolute Gasteiger partial charge is 0.329 e. The number of alkyl halides is 1. The molecule has 1 saturated heterocycles. The molecule has 8 nitrogen and oxygen atoms in total. The summed E-state index contributed by atoms with van der Waals surface area (Å²) in [5.74, 6) is -1.73. The first-order chi connectivity index (χ1) is 15.1. The van der Waals surface area contributed by atoms with Crippen LogP contribution in [-0.4, -0.2) is 50.7 Å². The van der Waals surface area contributed by atoms with E-state index in [9.17, 15) is 19.8 Å². The van der Waals surface area contributed by atoms with Crippen LogP contribution in [0.2, 0.25) is 0 Å². The number of anilines is 2. The summed E-state index contributed by atoms with van der Waals surface area (Å²) in [6, 6.07) is -0.100. The fourth-order valence-corrected chi connectivity index (χ4v) is 5.69. The van der Waals surface area contributed by atoms with Crippen LogP contribution in [-0.2, 0) is 0 Å². The maximum absolute atomic E-state index is 15.5. The molecule has 0 radical (unpaired) electrons. The van der Waals surface area contributed by atoms with Crippen molar-refractivity contribution in [2.45, 2.75) is 69.4 Å². The third-order valence-electron chi connectivity index (χ3n) is 7.51. The number of hydrogen-bond donors (Lipinski definition) is 4. The van der Waals surface area contributed by atoms with Crippen molar-refractivity contribution in [1.82, 2.24) is 9.55 Å². The van der Waals surface area contributed by atoms with Gasteiger partial charge in [0, 0.05) is 30.6 Å². The lowest BCUT2D eigenvalue weighted by molar-refractivity contribution is -0.102. The number of nitrogens with two attached hydrogens (primary N) is 1. The Balaban J connectivity index is 1.61. The zero-order valence-electron chi connectivity index (χ0n) is 17.9. The van der Waals surface area contributed by atoms with Gasteiger partial charge < -0.3 is 20.8 Å². The Hall–Kier alpha value is -2.46. The monoisotopic (exact) mass is 450 g/mol. The van der Waals surface area contributed by atoms with E-state index in [0.29, 0.717) is 18.4 Å². The van der Waals surface area contributed by atoms with Crippen LogP contribution < -0.4 is 21.9 Å². The summed E-state index contributed by atoms with van der Waals surface area (Å²) in [5.41, 5.74) is 3.61. The minimum atomic E-state index is -1.48. The molecule has 2 aliphatic carbocycles. The van der Waals surface area contributed by atoms with Crippen LogP contribution in [0, 0.1) is 18.7 Å². The first-order valence-corrected chi connectivity index (χ1v) is 11.2. The van der Waals surface area contributed by atoms with Crippen molar-refractivity contribution in [2.75, 3.05) is 23.7 Å². The molecule has 32 heavy (non-hydrogen) atoms. The molecule has 10 heteroatoms. The zero-order chi connectivity index (χ0) is 22.9. The summed E-state index contributed by atoms with van der Waals surface area (Å²) in [7, 11) is 0. The van der Waals surface area contributed by atoms with Crippen LogP contribution >= 0.6 is 0 Å². The summed E-state index contributed by atoms with van der Waals surface area (Å²) in [6.45, 7) is 1.40. The van der Waals surface area contributed by atoms with Gasteiger partial charge in [0.1, 0.15) is 6.17 Å². The number of nitrogens with one attached hydrogen (secondary N) is 1. The Labute approximate surface area is 182 Å². The lowest BCUT2D eigenvalue weighted by atomic mass is 9.84. The largest absolute Gasteiger partial charge is 0.396 e. The fourth-order valence-electron chi connectivity index (χ4n) is 5.69. The molecule has 0 spiro atoms. The number of aliphatic hydroxyl groups excluding tert-OH is 1. The topological polar surface area (TPSA) is 125 Å². The van der Waals surface area contributed by atoms with E-state index in [2.05, 4.69) is 4.98 Å². The second-order valence-corrected chi connectivity index (χ2v) is 9.63. The molecule has 3 fully saturated rings. The second-order valence-electron chi connectivity index (χ2n) is 9.63. The molecule has 0 amide bonds. The number of aliphatic hydroxyl groups is 2. The van der Waals surface area contributed by atoms with Gasteiger partial charge in [-0.2, -0.15) is 0 Å². The van der Waals surface area contributed by atoms with E-state index in [1.54, 1.807) is 6.92 Å². The number of benzene rings is 1. The van der Waals surface area contributed by atoms with Crippen LogP contribution in [0.15, 0.2) is 9.59 Å². The molecular weight excluding hydrogens is 422 g/mol. The van der Waals surface area contributed by atoms with E-state index < -0.39 is 40.9 Å². The van der Waals surface area contributed by atoms with Crippen molar-refractivity contribution in [3.63, 3.8) is 0 Å². The molecule has 2 heterocycles. The highest BCUT2D eigenvalue weighted by Crippen LogP contribution is 2.43. The van der Waals surface area contributed by atoms with Crippen LogP contribution in [0.4, 0.5) is 20.2 Å². The lowest BCUT2D eigenvalue weighted by Crippen LogP contribution is -2.47. The van der Waals surface area contributed by atoms with Crippen LogP contribution in [0.25, 0.3) is 10.9 Å². The number of fused-ring (bicyclic) bond motifs is 1. The first-order valence-electron chi connectivity index (χ1n) is 11.2. The van der Waals surface area contributed by atoms with Crippen LogP contribution in [0.3, 0.4) is 0 Å². The van der Waals surface area contributed by atoms with Gasteiger partial charge in [-0.3, -0.25) is 14.3 Å². The minimum Gasteiger partial charge on any atom is -0.396 e. The number of nitrogens with zero attached hydrogens (tertiary/aromatic N) is 2. The summed E-state index contributed by atoms with van der Waals surface area (Å²) >= 11 is 0. The number of aryl methyl sites for hydroxylation is 1. The molecule has 5 rings (SSSR count). The lowest BCUT2D eigenvalue weighted by Gasteiger charge is -2.33. The third kappa shape index (κ3) is 3.07. The van der Waals surface area contributed by atoms with E-state index in [1.807, 2.05) is 0 Å². The maximum Gasteiger partial charge on any atom is 0.329 e. The Morgan fingerprint density at radius 1 is 1.22 bits per heavy atom. The molecular formula is C22H28F2N4O4. The van der Waals surface area contributed by atoms with Crippen molar-refractivity contribution in [3.8, 4) is 0 Å². The first kappa shape index (κ1) is 21.4. The predicted molar refractivity (Wildman–Crippen MR) is 116 cm³/mol. The molecule has 3 atom stereocenters. The van der Waals surface area contributed by atoms with Crippen molar-refractivity contribution < 1.29 is 19.0 Å². The quantitative estimate of drug-likeness (QED) is 0.523. The Bertz CT molecular complexity index is 1200. The van der Waals surface area contributed by atoms with E-state index in [0.717, 1.165) is 25.7 Å². The molecule has 1 aromatic heterocycles. The molecule has 3 aliphatic rings. The van der Waals surface area contributed by atoms with Gasteiger partial charge in [-0.1, -0.05) is 12.8 Å². The minimum absolute atomic E-state index is 0.00972. The summed E-state index contributed by atoms with van der Waals surface area (Å²) in [4.78, 5) is 28.7. The molecule has 5 N–H and O–H groups in total. The number of nitrogen functional groups attached to an aromatic ring is 1. The number of H-pyrrole nitrogens is 1. The van der Waals surface area contributed by atoms with Gasteiger partial charge >= 0.3 is 5.69 Å². The molecule has 3 unspecified atom stereocenters.